The third kappa shape index (κ3) is 2.15. The van der Waals surface area contributed by atoms with Gasteiger partial charge in [0.05, 0.1) is 4.92 Å². The zero-order chi connectivity index (χ0) is 12.6. The van der Waals surface area contributed by atoms with Crippen molar-refractivity contribution in [2.75, 3.05) is 17.2 Å². The Bertz CT molecular complexity index is 449. The number of nitrogens with zero attached hydrogens (tertiary/aromatic N) is 3. The molecule has 2 atom stereocenters. The SMILES string of the molecule is CC1CC(C)N(c2ccc([N+](=O)[O-])c(N)n2)C1. The average Bonchev–Trinajstić information content (AvgIpc) is 2.57. The van der Waals surface area contributed by atoms with Crippen LogP contribution in [0.15, 0.2) is 12.1 Å². The third-order valence-corrected chi connectivity index (χ3v) is 3.16. The van der Waals surface area contributed by atoms with E-state index in [0.29, 0.717) is 12.0 Å². The largest absolute Gasteiger partial charge is 0.378 e. The number of anilines is 2. The highest BCUT2D eigenvalue weighted by atomic mass is 16.6. The summed E-state index contributed by atoms with van der Waals surface area (Å²) >= 11 is 0. The molecule has 1 aliphatic heterocycles. The second kappa shape index (κ2) is 4.20. The molecule has 1 fully saturated rings. The van der Waals surface area contributed by atoms with Crippen LogP contribution >= 0.6 is 0 Å². The second-order valence-corrected chi connectivity index (χ2v) is 4.67. The standard InChI is InChI=1S/C11H16N4O2/c1-7-5-8(2)14(6-7)10-4-3-9(15(16)17)11(12)13-10/h3-4,7-8H,5-6H2,1-2H3,(H2,12,13). The van der Waals surface area contributed by atoms with E-state index in [2.05, 4.69) is 23.7 Å². The van der Waals surface area contributed by atoms with Crippen molar-refractivity contribution in [3.05, 3.63) is 22.2 Å². The van der Waals surface area contributed by atoms with Crippen LogP contribution in [-0.4, -0.2) is 22.5 Å². The zero-order valence-corrected chi connectivity index (χ0v) is 9.96. The summed E-state index contributed by atoms with van der Waals surface area (Å²) in [4.78, 5) is 16.4. The molecule has 1 aliphatic rings. The van der Waals surface area contributed by atoms with Crippen LogP contribution in [0.3, 0.4) is 0 Å². The van der Waals surface area contributed by atoms with E-state index in [9.17, 15) is 10.1 Å². The van der Waals surface area contributed by atoms with E-state index in [1.807, 2.05) is 0 Å². The number of aromatic nitrogens is 1. The first kappa shape index (κ1) is 11.6. The zero-order valence-electron chi connectivity index (χ0n) is 9.96. The highest BCUT2D eigenvalue weighted by molar-refractivity contribution is 5.58. The van der Waals surface area contributed by atoms with Crippen molar-refractivity contribution in [3.63, 3.8) is 0 Å². The van der Waals surface area contributed by atoms with Crippen molar-refractivity contribution in [1.82, 2.24) is 4.98 Å². The van der Waals surface area contributed by atoms with E-state index in [1.54, 1.807) is 6.07 Å². The lowest BCUT2D eigenvalue weighted by Crippen LogP contribution is -2.27. The molecule has 2 N–H and O–H groups in total. The van der Waals surface area contributed by atoms with Gasteiger partial charge in [-0.15, -0.1) is 0 Å². The molecule has 0 spiro atoms. The molecule has 1 aromatic heterocycles. The lowest BCUT2D eigenvalue weighted by atomic mass is 10.1. The lowest BCUT2D eigenvalue weighted by molar-refractivity contribution is -0.384. The maximum Gasteiger partial charge on any atom is 0.311 e. The van der Waals surface area contributed by atoms with Gasteiger partial charge in [-0.1, -0.05) is 6.92 Å². The van der Waals surface area contributed by atoms with Gasteiger partial charge in [-0.3, -0.25) is 10.1 Å². The predicted octanol–water partition coefficient (Wildman–Crippen LogP) is 1.81. The van der Waals surface area contributed by atoms with E-state index in [0.717, 1.165) is 18.8 Å². The number of pyridine rings is 1. The maximum absolute atomic E-state index is 10.6. The molecular weight excluding hydrogens is 220 g/mol. The predicted molar refractivity (Wildman–Crippen MR) is 65.9 cm³/mol. The average molecular weight is 236 g/mol. The van der Waals surface area contributed by atoms with Gasteiger partial charge in [0.15, 0.2) is 0 Å². The van der Waals surface area contributed by atoms with E-state index < -0.39 is 4.92 Å². The molecule has 0 aromatic carbocycles. The van der Waals surface area contributed by atoms with Crippen LogP contribution < -0.4 is 10.6 Å². The van der Waals surface area contributed by atoms with Gasteiger partial charge >= 0.3 is 5.69 Å². The molecule has 0 saturated carbocycles. The summed E-state index contributed by atoms with van der Waals surface area (Å²) in [6, 6.07) is 3.49. The molecular formula is C11H16N4O2. The van der Waals surface area contributed by atoms with Crippen molar-refractivity contribution in [2.24, 2.45) is 5.92 Å². The van der Waals surface area contributed by atoms with Crippen LogP contribution in [0.4, 0.5) is 17.3 Å². The highest BCUT2D eigenvalue weighted by Gasteiger charge is 2.28. The Morgan fingerprint density at radius 2 is 2.24 bits per heavy atom. The summed E-state index contributed by atoms with van der Waals surface area (Å²) in [6.07, 6.45) is 1.11. The number of hydrogen-bond acceptors (Lipinski definition) is 5. The quantitative estimate of drug-likeness (QED) is 0.625. The molecule has 92 valence electrons. The summed E-state index contributed by atoms with van der Waals surface area (Å²) in [7, 11) is 0. The summed E-state index contributed by atoms with van der Waals surface area (Å²) in [5.41, 5.74) is 5.46. The van der Waals surface area contributed by atoms with Gasteiger partial charge in [-0.2, -0.15) is 0 Å². The Morgan fingerprint density at radius 1 is 1.53 bits per heavy atom. The molecule has 2 heterocycles. The van der Waals surface area contributed by atoms with E-state index in [4.69, 9.17) is 5.73 Å². The Labute approximate surface area is 99.6 Å². The topological polar surface area (TPSA) is 85.3 Å². The number of nitrogen functional groups attached to an aromatic ring is 1. The summed E-state index contributed by atoms with van der Waals surface area (Å²) in [6.45, 7) is 5.24. The Kier molecular flexibility index (Phi) is 2.87. The van der Waals surface area contributed by atoms with Crippen LogP contribution in [0.2, 0.25) is 0 Å². The van der Waals surface area contributed by atoms with Crippen LogP contribution in [-0.2, 0) is 0 Å². The molecule has 2 rings (SSSR count). The first-order chi connectivity index (χ1) is 7.99. The molecule has 0 amide bonds. The van der Waals surface area contributed by atoms with Crippen molar-refractivity contribution in [3.8, 4) is 0 Å². The fourth-order valence-corrected chi connectivity index (χ4v) is 2.39. The minimum absolute atomic E-state index is 0.0146. The summed E-state index contributed by atoms with van der Waals surface area (Å²) in [5, 5.41) is 10.6. The smallest absolute Gasteiger partial charge is 0.311 e. The lowest BCUT2D eigenvalue weighted by Gasteiger charge is -2.22. The molecule has 0 radical (unpaired) electrons. The molecule has 1 saturated heterocycles. The minimum atomic E-state index is -0.512. The molecule has 0 aliphatic carbocycles. The number of hydrogen-bond donors (Lipinski definition) is 1. The van der Waals surface area contributed by atoms with E-state index in [-0.39, 0.29) is 11.5 Å². The normalized spacial score (nSPS) is 24.0. The maximum atomic E-state index is 10.6. The third-order valence-electron chi connectivity index (χ3n) is 3.16. The van der Waals surface area contributed by atoms with Gasteiger partial charge in [-0.05, 0) is 25.3 Å². The molecule has 1 aromatic rings. The first-order valence-electron chi connectivity index (χ1n) is 5.66. The Morgan fingerprint density at radius 3 is 2.71 bits per heavy atom. The van der Waals surface area contributed by atoms with Crippen LogP contribution in [0.25, 0.3) is 0 Å². The van der Waals surface area contributed by atoms with Gasteiger partial charge in [0, 0.05) is 18.7 Å². The van der Waals surface area contributed by atoms with Crippen LogP contribution in [0.1, 0.15) is 20.3 Å². The first-order valence-corrected chi connectivity index (χ1v) is 5.66. The Hall–Kier alpha value is -1.85. The minimum Gasteiger partial charge on any atom is -0.378 e. The van der Waals surface area contributed by atoms with Crippen molar-refractivity contribution in [2.45, 2.75) is 26.3 Å². The van der Waals surface area contributed by atoms with Crippen LogP contribution in [0.5, 0.6) is 0 Å². The molecule has 2 unspecified atom stereocenters. The van der Waals surface area contributed by atoms with E-state index >= 15 is 0 Å². The van der Waals surface area contributed by atoms with Crippen LogP contribution in [0, 0.1) is 16.0 Å². The van der Waals surface area contributed by atoms with Gasteiger partial charge in [0.1, 0.15) is 5.82 Å². The van der Waals surface area contributed by atoms with Crippen molar-refractivity contribution >= 4 is 17.3 Å². The number of nitrogens with two attached hydrogens (primary N) is 1. The van der Waals surface area contributed by atoms with Gasteiger partial charge in [0.25, 0.3) is 0 Å². The second-order valence-electron chi connectivity index (χ2n) is 4.67. The molecule has 6 heteroatoms. The van der Waals surface area contributed by atoms with Gasteiger partial charge in [0.2, 0.25) is 5.82 Å². The van der Waals surface area contributed by atoms with Gasteiger partial charge in [-0.25, -0.2) is 4.98 Å². The fraction of sp³-hybridized carbons (Fsp3) is 0.545. The molecule has 17 heavy (non-hydrogen) atoms. The monoisotopic (exact) mass is 236 g/mol. The summed E-state index contributed by atoms with van der Waals surface area (Å²) < 4.78 is 0. The number of nitro groups is 1. The van der Waals surface area contributed by atoms with Crippen molar-refractivity contribution < 1.29 is 4.92 Å². The Balaban J connectivity index is 2.29. The highest BCUT2D eigenvalue weighted by Crippen LogP contribution is 2.30. The molecule has 0 bridgehead atoms. The van der Waals surface area contributed by atoms with E-state index in [1.165, 1.54) is 6.07 Å². The van der Waals surface area contributed by atoms with Crippen molar-refractivity contribution in [1.29, 1.82) is 0 Å². The number of rotatable bonds is 2. The van der Waals surface area contributed by atoms with Gasteiger partial charge < -0.3 is 10.6 Å². The summed E-state index contributed by atoms with van der Waals surface area (Å²) in [5.74, 6) is 1.33. The molecule has 6 nitrogen and oxygen atoms in total. The fourth-order valence-electron chi connectivity index (χ4n) is 2.39.